The number of rotatable bonds is 8. The van der Waals surface area contributed by atoms with Crippen molar-refractivity contribution >= 4 is 226 Å². The third-order valence-corrected chi connectivity index (χ3v) is 32.7. The summed E-state index contributed by atoms with van der Waals surface area (Å²) in [6, 6.07) is 164. The Balaban J connectivity index is 0.000000103. The molecule has 10 nitrogen and oxygen atoms in total. The molecule has 0 fully saturated rings. The monoisotopic (exact) mass is 1880 g/mol. The number of benzene rings is 22. The first-order chi connectivity index (χ1) is 71.6. The molecule has 0 bridgehead atoms. The van der Waals surface area contributed by atoms with Crippen LogP contribution in [0.1, 0.15) is 25.0 Å². The molecule has 12 heteroatoms. The van der Waals surface area contributed by atoms with Gasteiger partial charge in [0.25, 0.3) is 0 Å². The normalized spacial score (nSPS) is 12.5. The van der Waals surface area contributed by atoms with E-state index in [1.54, 1.807) is 0 Å². The molecule has 0 radical (unpaired) electrons. The number of hydrogen-bond donors (Lipinski definition) is 0. The first-order valence-corrected chi connectivity index (χ1v) is 51.0. The maximum absolute atomic E-state index is 5.50. The van der Waals surface area contributed by atoms with E-state index >= 15 is 0 Å². The van der Waals surface area contributed by atoms with Gasteiger partial charge in [-0.25, -0.2) is 29.9 Å². The van der Waals surface area contributed by atoms with Crippen molar-refractivity contribution in [3.05, 3.63) is 472 Å². The van der Waals surface area contributed by atoms with Gasteiger partial charge in [0, 0.05) is 133 Å². The summed E-state index contributed by atoms with van der Waals surface area (Å²) in [6.07, 6.45) is 1.92. The van der Waals surface area contributed by atoms with Crippen LogP contribution in [0.2, 0.25) is 0 Å². The van der Waals surface area contributed by atoms with Crippen molar-refractivity contribution in [2.24, 2.45) is 0 Å². The predicted molar refractivity (Wildman–Crippen MR) is 611 cm³/mol. The molecule has 9 aromatic heterocycles. The average molecular weight is 1880 g/mol. The van der Waals surface area contributed by atoms with E-state index in [0.717, 1.165) is 94.0 Å². The van der Waals surface area contributed by atoms with E-state index in [1.165, 1.54) is 182 Å². The summed E-state index contributed by atoms with van der Waals surface area (Å²) in [7, 11) is 0. The first-order valence-electron chi connectivity index (χ1n) is 49.3. The van der Waals surface area contributed by atoms with Gasteiger partial charge in [-0.1, -0.05) is 341 Å². The van der Waals surface area contributed by atoms with Crippen molar-refractivity contribution in [2.45, 2.75) is 19.3 Å². The Kier molecular flexibility index (Phi) is 18.4. The van der Waals surface area contributed by atoms with Crippen molar-refractivity contribution in [3.63, 3.8) is 0 Å². The van der Waals surface area contributed by atoms with Gasteiger partial charge in [-0.3, -0.25) is 13.7 Å². The number of hydrogen-bond acceptors (Lipinski definition) is 8. The zero-order valence-electron chi connectivity index (χ0n) is 78.7. The van der Waals surface area contributed by atoms with Crippen LogP contribution in [0.25, 0.3) is 283 Å². The molecule has 32 rings (SSSR count). The maximum Gasteiger partial charge on any atom is 0.235 e. The minimum Gasteiger partial charge on any atom is -0.309 e. The van der Waals surface area contributed by atoms with Crippen LogP contribution in [0.3, 0.4) is 0 Å². The Labute approximate surface area is 838 Å². The van der Waals surface area contributed by atoms with Crippen LogP contribution in [0, 0.1) is 0 Å². The highest BCUT2D eigenvalue weighted by atomic mass is 32.1. The van der Waals surface area contributed by atoms with Gasteiger partial charge in [-0.15, -0.1) is 22.7 Å². The lowest BCUT2D eigenvalue weighted by Gasteiger charge is -2.22. The Hall–Kier alpha value is -18.5. The Morgan fingerprint density at radius 3 is 1.19 bits per heavy atom. The molecule has 31 aromatic rings. The molecule has 0 N–H and O–H groups in total. The van der Waals surface area contributed by atoms with Gasteiger partial charge in [0.1, 0.15) is 0 Å². The standard InChI is InChI=1S/C55H36N4.C42H25N3S.C36H21N3S/c1-55(2)45-19-9-5-15-39(45)40-27-24-35(32-46(40)55)52-43-17-6-10-20-47(43)56-54(57-52)59-49-22-12-8-18-44(49)51-37-29-26-36(31-34(37)25-30-50(51)59)58-48-21-11-7-16-41(48)42-28-23-33-13-3-4-14-38(33)53(42)58;1-2-10-27(11-3-1)41-31-13-4-7-15-35(31)43-42(44-41)45-36-16-8-5-14-32(36)40-33-24-28(19-18-26(33)20-22-37(40)45)29-21-23-39-34(25-29)30-12-6-9-17-38(30)46-39;1-4-10-30-25(7-1)21-37-36(38-30)39-31-11-5-2-9-27(31)35-28-19-23(14-13-22(28)15-17-32(35)39)24-16-18-34-29(20-24)26-8-3-6-12-33(26)40-34/h3-32H,1-2H3;1-25H;1-21H. The van der Waals surface area contributed by atoms with E-state index in [0.29, 0.717) is 17.8 Å². The second-order valence-corrected chi connectivity index (χ2v) is 40.8. The lowest BCUT2D eigenvalue weighted by Crippen LogP contribution is -2.15. The Morgan fingerprint density at radius 2 is 0.600 bits per heavy atom. The van der Waals surface area contributed by atoms with Crippen molar-refractivity contribution in [1.82, 2.24) is 48.2 Å². The fourth-order valence-electron chi connectivity index (χ4n) is 23.6. The second kappa shape index (κ2) is 32.3. The van der Waals surface area contributed by atoms with Gasteiger partial charge in [0.05, 0.1) is 72.1 Å². The summed E-state index contributed by atoms with van der Waals surface area (Å²) in [5, 5.41) is 27.9. The van der Waals surface area contributed by atoms with Gasteiger partial charge in [0.2, 0.25) is 17.8 Å². The predicted octanol–water partition coefficient (Wildman–Crippen LogP) is 35.6. The highest BCUT2D eigenvalue weighted by molar-refractivity contribution is 7.26. The SMILES string of the molecule is CC1(C)c2ccccc2-c2ccc(-c3nc(-n4c5ccccc5c5c6ccc(-n7c8ccccc8c8ccc9ccccc9c87)cc6ccc54)nc4ccccc34)cc21.c1ccc(-c2nc(-n3c4ccccc4c4c5cc(-c6ccc7sc8ccccc8c7c6)ccc5ccc43)nc3ccccc23)cc1.c1ccc2nc(-n3c4ccccc4c4c5cc(-c6ccc7sc8ccccc8c7c6)ccc5ccc43)ncc2c1. The number of thiophene rings is 2. The number of nitrogens with zero attached hydrogens (tertiary/aromatic N) is 10. The van der Waals surface area contributed by atoms with Crippen molar-refractivity contribution < 1.29 is 0 Å². The van der Waals surface area contributed by atoms with Gasteiger partial charge in [0.15, 0.2) is 0 Å². The average Bonchev–Trinajstić information content (AvgIpc) is 1.30. The summed E-state index contributed by atoms with van der Waals surface area (Å²) in [6.45, 7) is 4.67. The van der Waals surface area contributed by atoms with Gasteiger partial charge in [-0.05, 0) is 210 Å². The van der Waals surface area contributed by atoms with Crippen LogP contribution < -0.4 is 0 Å². The van der Waals surface area contributed by atoms with E-state index in [4.69, 9.17) is 29.9 Å². The van der Waals surface area contributed by atoms with Crippen LogP contribution >= 0.6 is 22.7 Å². The van der Waals surface area contributed by atoms with E-state index in [2.05, 4.69) is 457 Å². The van der Waals surface area contributed by atoms with Crippen LogP contribution in [0.5, 0.6) is 0 Å². The van der Waals surface area contributed by atoms with Crippen LogP contribution in [0.4, 0.5) is 0 Å². The molecule has 145 heavy (non-hydrogen) atoms. The number of aromatic nitrogens is 10. The molecule has 0 amide bonds. The summed E-state index contributed by atoms with van der Waals surface area (Å²) in [4.78, 5) is 31.0. The molecule has 0 saturated heterocycles. The zero-order valence-corrected chi connectivity index (χ0v) is 80.3. The summed E-state index contributed by atoms with van der Waals surface area (Å²) >= 11 is 3.72. The van der Waals surface area contributed by atoms with Crippen LogP contribution in [0.15, 0.2) is 461 Å². The largest absolute Gasteiger partial charge is 0.309 e. The molecular weight excluding hydrogens is 1800 g/mol. The molecule has 22 aromatic carbocycles. The summed E-state index contributed by atoms with van der Waals surface area (Å²) in [5.74, 6) is 2.03. The molecule has 9 heterocycles. The quantitative estimate of drug-likeness (QED) is 0.150. The molecule has 0 unspecified atom stereocenters. The Morgan fingerprint density at radius 1 is 0.207 bits per heavy atom. The summed E-state index contributed by atoms with van der Waals surface area (Å²) in [5.41, 5.74) is 27.1. The highest BCUT2D eigenvalue weighted by Gasteiger charge is 2.36. The molecule has 1 aliphatic carbocycles. The van der Waals surface area contributed by atoms with Crippen LogP contribution in [-0.2, 0) is 5.41 Å². The third-order valence-electron chi connectivity index (χ3n) is 30.3. The van der Waals surface area contributed by atoms with Gasteiger partial charge in [-0.2, -0.15) is 0 Å². The third kappa shape index (κ3) is 12.9. The smallest absolute Gasteiger partial charge is 0.235 e. The topological polar surface area (TPSA) is 97.1 Å². The van der Waals surface area contributed by atoms with Crippen molar-refractivity contribution in [2.75, 3.05) is 0 Å². The molecule has 0 aliphatic heterocycles. The number of para-hydroxylation sites is 7. The van der Waals surface area contributed by atoms with E-state index in [-0.39, 0.29) is 5.41 Å². The van der Waals surface area contributed by atoms with Gasteiger partial charge < -0.3 is 4.57 Å². The van der Waals surface area contributed by atoms with E-state index in [9.17, 15) is 0 Å². The fourth-order valence-corrected chi connectivity index (χ4v) is 25.8. The highest BCUT2D eigenvalue weighted by Crippen LogP contribution is 2.52. The minimum atomic E-state index is -0.114. The molecular formula is C133H82N10S2. The molecule has 0 spiro atoms. The molecule has 0 saturated carbocycles. The first kappa shape index (κ1) is 82.4. The Bertz CT molecular complexity index is 11000. The maximum atomic E-state index is 5.50. The van der Waals surface area contributed by atoms with Crippen molar-refractivity contribution in [1.29, 1.82) is 0 Å². The lowest BCUT2D eigenvalue weighted by atomic mass is 9.82. The molecule has 676 valence electrons. The van der Waals surface area contributed by atoms with E-state index in [1.807, 2.05) is 59.2 Å². The minimum absolute atomic E-state index is 0.114. The van der Waals surface area contributed by atoms with E-state index < -0.39 is 0 Å². The second-order valence-electron chi connectivity index (χ2n) is 38.7. The fraction of sp³-hybridized carbons (Fsp3) is 0.0226. The summed E-state index contributed by atoms with van der Waals surface area (Å²) < 4.78 is 14.5. The molecule has 0 atom stereocenters. The van der Waals surface area contributed by atoms with Gasteiger partial charge >= 0.3 is 0 Å². The zero-order chi connectivity index (χ0) is 95.4. The molecule has 1 aliphatic rings. The van der Waals surface area contributed by atoms with Crippen LogP contribution in [-0.4, -0.2) is 48.2 Å². The lowest BCUT2D eigenvalue weighted by molar-refractivity contribution is 0.660. The number of fused-ring (bicyclic) bond motifs is 32. The van der Waals surface area contributed by atoms with Crippen molar-refractivity contribution in [3.8, 4) is 79.4 Å².